The van der Waals surface area contributed by atoms with Gasteiger partial charge in [-0.05, 0) is 91.7 Å². The molecule has 4 atom stereocenters. The Morgan fingerprint density at radius 1 is 0.688 bits per heavy atom. The molecule has 3 aliphatic carbocycles. The highest BCUT2D eigenvalue weighted by Crippen LogP contribution is 2.49. The molecule has 0 spiro atoms. The van der Waals surface area contributed by atoms with Gasteiger partial charge in [0.2, 0.25) is 0 Å². The van der Waals surface area contributed by atoms with Crippen LogP contribution in [0.4, 0.5) is 8.78 Å². The summed E-state index contributed by atoms with van der Waals surface area (Å²) >= 11 is 0. The van der Waals surface area contributed by atoms with Crippen molar-refractivity contribution in [3.05, 3.63) is 34.9 Å². The van der Waals surface area contributed by atoms with Crippen molar-refractivity contribution in [2.45, 2.75) is 122 Å². The Morgan fingerprint density at radius 3 is 1.91 bits per heavy atom. The Balaban J connectivity index is 1.21. The van der Waals surface area contributed by atoms with Crippen LogP contribution in [0.1, 0.15) is 127 Å². The van der Waals surface area contributed by atoms with Gasteiger partial charge in [0.05, 0.1) is 0 Å². The maximum Gasteiger partial charge on any atom is 0.129 e. The lowest BCUT2D eigenvalue weighted by molar-refractivity contribution is 0.108. The summed E-state index contributed by atoms with van der Waals surface area (Å²) < 4.78 is 28.7. The average Bonchev–Trinajstić information content (AvgIpc) is 2.81. The summed E-state index contributed by atoms with van der Waals surface area (Å²) in [6.45, 7) is 4.14. The van der Waals surface area contributed by atoms with Gasteiger partial charge in [0.1, 0.15) is 11.6 Å². The van der Waals surface area contributed by atoms with Crippen LogP contribution >= 0.6 is 0 Å². The molecule has 2 heteroatoms. The SMILES string of the molecule is CCCCC1CCC(CCC2CCC3CC(c4cc(F)c(CC)c(F)c4)CCC3C2)CC1. The molecule has 4 unspecified atom stereocenters. The standard InChI is InChI=1S/C30H46F2/c1-3-5-6-21-7-9-22(10-8-21)11-12-23-13-14-25-18-26(16-15-24(25)17-23)27-19-29(31)28(4-2)30(32)20-27/h19-26H,3-18H2,1-2H3. The van der Waals surface area contributed by atoms with Gasteiger partial charge in [-0.3, -0.25) is 0 Å². The van der Waals surface area contributed by atoms with Crippen molar-refractivity contribution in [2.24, 2.45) is 29.6 Å². The van der Waals surface area contributed by atoms with Crippen LogP contribution in [0.3, 0.4) is 0 Å². The van der Waals surface area contributed by atoms with E-state index in [1.807, 2.05) is 6.92 Å². The third-order valence-corrected chi connectivity index (χ3v) is 9.63. The molecule has 32 heavy (non-hydrogen) atoms. The van der Waals surface area contributed by atoms with Crippen LogP contribution in [-0.4, -0.2) is 0 Å². The van der Waals surface area contributed by atoms with Crippen molar-refractivity contribution in [1.29, 1.82) is 0 Å². The second kappa shape index (κ2) is 11.5. The Kier molecular flexibility index (Phi) is 8.68. The molecule has 0 N–H and O–H groups in total. The van der Waals surface area contributed by atoms with Crippen molar-refractivity contribution in [1.82, 2.24) is 0 Å². The predicted molar refractivity (Wildman–Crippen MR) is 131 cm³/mol. The minimum Gasteiger partial charge on any atom is -0.207 e. The molecule has 0 heterocycles. The summed E-state index contributed by atoms with van der Waals surface area (Å²) in [5.41, 5.74) is 1.16. The number of hydrogen-bond acceptors (Lipinski definition) is 0. The van der Waals surface area contributed by atoms with Crippen LogP contribution in [0.15, 0.2) is 12.1 Å². The Labute approximate surface area is 196 Å². The van der Waals surface area contributed by atoms with Crippen molar-refractivity contribution >= 4 is 0 Å². The summed E-state index contributed by atoms with van der Waals surface area (Å²) in [4.78, 5) is 0. The molecule has 4 rings (SSSR count). The molecule has 0 aromatic heterocycles. The van der Waals surface area contributed by atoms with Crippen molar-refractivity contribution in [3.8, 4) is 0 Å². The molecular formula is C30H46F2. The molecule has 0 nitrogen and oxygen atoms in total. The molecule has 0 radical (unpaired) electrons. The molecule has 0 bridgehead atoms. The van der Waals surface area contributed by atoms with Gasteiger partial charge >= 0.3 is 0 Å². The number of hydrogen-bond donors (Lipinski definition) is 0. The zero-order valence-corrected chi connectivity index (χ0v) is 20.7. The third kappa shape index (κ3) is 5.95. The topological polar surface area (TPSA) is 0 Å². The van der Waals surface area contributed by atoms with E-state index in [-0.39, 0.29) is 17.2 Å². The minimum atomic E-state index is -0.340. The van der Waals surface area contributed by atoms with Crippen molar-refractivity contribution in [3.63, 3.8) is 0 Å². The minimum absolute atomic E-state index is 0.248. The van der Waals surface area contributed by atoms with Gasteiger partial charge in [-0.15, -0.1) is 0 Å². The molecule has 0 amide bonds. The van der Waals surface area contributed by atoms with Gasteiger partial charge < -0.3 is 0 Å². The lowest BCUT2D eigenvalue weighted by atomic mass is 9.63. The highest BCUT2D eigenvalue weighted by atomic mass is 19.1. The van der Waals surface area contributed by atoms with Crippen LogP contribution in [0.5, 0.6) is 0 Å². The predicted octanol–water partition coefficient (Wildman–Crippen LogP) is 9.60. The van der Waals surface area contributed by atoms with Crippen LogP contribution in [-0.2, 0) is 6.42 Å². The van der Waals surface area contributed by atoms with E-state index in [2.05, 4.69) is 6.92 Å². The fourth-order valence-electron chi connectivity index (χ4n) is 7.52. The van der Waals surface area contributed by atoms with E-state index in [0.717, 1.165) is 48.0 Å². The summed E-state index contributed by atoms with van der Waals surface area (Å²) in [6.07, 6.45) is 21.2. The first kappa shape index (κ1) is 24.2. The molecule has 3 saturated carbocycles. The Morgan fingerprint density at radius 2 is 1.25 bits per heavy atom. The molecule has 3 aliphatic rings. The first-order valence-corrected chi connectivity index (χ1v) is 14.0. The van der Waals surface area contributed by atoms with Gasteiger partial charge in [0.25, 0.3) is 0 Å². The van der Waals surface area contributed by atoms with E-state index in [1.165, 1.54) is 83.5 Å². The second-order valence-electron chi connectivity index (χ2n) is 11.6. The zero-order chi connectivity index (χ0) is 22.5. The molecule has 1 aromatic carbocycles. The smallest absolute Gasteiger partial charge is 0.129 e. The lowest BCUT2D eigenvalue weighted by Crippen LogP contribution is -2.31. The summed E-state index contributed by atoms with van der Waals surface area (Å²) in [5, 5.41) is 0. The van der Waals surface area contributed by atoms with Crippen LogP contribution < -0.4 is 0 Å². The number of fused-ring (bicyclic) bond motifs is 1. The van der Waals surface area contributed by atoms with Crippen molar-refractivity contribution < 1.29 is 8.78 Å². The second-order valence-corrected chi connectivity index (χ2v) is 11.6. The number of benzene rings is 1. The van der Waals surface area contributed by atoms with Gasteiger partial charge in [-0.25, -0.2) is 8.78 Å². The Hall–Kier alpha value is -0.920. The van der Waals surface area contributed by atoms with E-state index in [0.29, 0.717) is 12.3 Å². The maximum absolute atomic E-state index is 14.3. The van der Waals surface area contributed by atoms with E-state index in [4.69, 9.17) is 0 Å². The van der Waals surface area contributed by atoms with E-state index in [9.17, 15) is 8.78 Å². The Bertz CT molecular complexity index is 695. The summed E-state index contributed by atoms with van der Waals surface area (Å²) in [7, 11) is 0. The van der Waals surface area contributed by atoms with Crippen LogP contribution in [0, 0.1) is 41.2 Å². The fraction of sp³-hybridized carbons (Fsp3) is 0.800. The third-order valence-electron chi connectivity index (χ3n) is 9.63. The summed E-state index contributed by atoms with van der Waals surface area (Å²) in [6, 6.07) is 3.27. The molecule has 0 saturated heterocycles. The molecular weight excluding hydrogens is 398 g/mol. The summed E-state index contributed by atoms with van der Waals surface area (Å²) in [5.74, 6) is 4.26. The van der Waals surface area contributed by atoms with Crippen LogP contribution in [0.25, 0.3) is 0 Å². The van der Waals surface area contributed by atoms with E-state index >= 15 is 0 Å². The first-order valence-electron chi connectivity index (χ1n) is 14.0. The molecule has 180 valence electrons. The van der Waals surface area contributed by atoms with Crippen molar-refractivity contribution in [2.75, 3.05) is 0 Å². The molecule has 1 aromatic rings. The van der Waals surface area contributed by atoms with Gasteiger partial charge in [-0.2, -0.15) is 0 Å². The monoisotopic (exact) mass is 444 g/mol. The van der Waals surface area contributed by atoms with Crippen LogP contribution in [0.2, 0.25) is 0 Å². The largest absolute Gasteiger partial charge is 0.207 e. The zero-order valence-electron chi connectivity index (χ0n) is 20.7. The number of halogens is 2. The normalized spacial score (nSPS) is 33.1. The maximum atomic E-state index is 14.3. The van der Waals surface area contributed by atoms with Gasteiger partial charge in [0.15, 0.2) is 0 Å². The van der Waals surface area contributed by atoms with Gasteiger partial charge in [0, 0.05) is 5.56 Å². The number of unbranched alkanes of at least 4 members (excludes halogenated alkanes) is 1. The highest BCUT2D eigenvalue weighted by molar-refractivity contribution is 5.29. The number of rotatable bonds is 8. The lowest BCUT2D eigenvalue weighted by Gasteiger charge is -2.43. The van der Waals surface area contributed by atoms with E-state index < -0.39 is 0 Å². The average molecular weight is 445 g/mol. The fourth-order valence-corrected chi connectivity index (χ4v) is 7.52. The molecule has 3 fully saturated rings. The van der Waals surface area contributed by atoms with Gasteiger partial charge in [-0.1, -0.05) is 78.1 Å². The highest BCUT2D eigenvalue weighted by Gasteiger charge is 2.36. The van der Waals surface area contributed by atoms with E-state index in [1.54, 1.807) is 12.1 Å². The molecule has 0 aliphatic heterocycles. The quantitative estimate of drug-likeness (QED) is 0.374. The first-order chi connectivity index (χ1) is 15.6.